The maximum Gasteiger partial charge on any atom is 0.305 e. The molecule has 0 N–H and O–H groups in total. The van der Waals surface area contributed by atoms with Gasteiger partial charge in [0.1, 0.15) is 0 Å². The predicted octanol–water partition coefficient (Wildman–Crippen LogP) is 2.53. The van der Waals surface area contributed by atoms with Gasteiger partial charge in [0.15, 0.2) is 0 Å². The molecule has 0 radical (unpaired) electrons. The van der Waals surface area contributed by atoms with Crippen molar-refractivity contribution in [3.63, 3.8) is 0 Å². The second-order valence-electron chi connectivity index (χ2n) is 3.98. The summed E-state index contributed by atoms with van der Waals surface area (Å²) in [4.78, 5) is 11.0. The van der Waals surface area contributed by atoms with Gasteiger partial charge in [0, 0.05) is 13.5 Å². The van der Waals surface area contributed by atoms with Crippen LogP contribution in [0.25, 0.3) is 0 Å². The Labute approximate surface area is 86.8 Å². The van der Waals surface area contributed by atoms with Crippen LogP contribution in [0.15, 0.2) is 0 Å². The van der Waals surface area contributed by atoms with E-state index in [1.54, 1.807) is 7.11 Å². The van der Waals surface area contributed by atoms with E-state index in [1.165, 1.54) is 0 Å². The number of rotatable bonds is 7. The fourth-order valence-corrected chi connectivity index (χ4v) is 1.16. The first-order chi connectivity index (χ1) is 6.52. The van der Waals surface area contributed by atoms with Crippen molar-refractivity contribution in [2.45, 2.75) is 52.1 Å². The lowest BCUT2D eigenvalue weighted by Crippen LogP contribution is -2.22. The molecule has 0 aromatic heterocycles. The van der Waals surface area contributed by atoms with Crippen molar-refractivity contribution in [1.82, 2.24) is 0 Å². The van der Waals surface area contributed by atoms with Crippen LogP contribution in [-0.4, -0.2) is 25.3 Å². The molecule has 0 amide bonds. The fourth-order valence-electron chi connectivity index (χ4n) is 1.16. The van der Waals surface area contributed by atoms with Crippen LogP contribution in [0.2, 0.25) is 0 Å². The van der Waals surface area contributed by atoms with Gasteiger partial charge < -0.3 is 9.47 Å². The zero-order valence-corrected chi connectivity index (χ0v) is 9.76. The van der Waals surface area contributed by atoms with Gasteiger partial charge in [0.05, 0.1) is 12.2 Å². The third-order valence-corrected chi connectivity index (χ3v) is 2.27. The Kier molecular flexibility index (Phi) is 6.54. The van der Waals surface area contributed by atoms with Crippen LogP contribution in [0.4, 0.5) is 0 Å². The molecule has 3 heteroatoms. The quantitative estimate of drug-likeness (QED) is 0.470. The highest BCUT2D eigenvalue weighted by molar-refractivity contribution is 5.69. The summed E-state index contributed by atoms with van der Waals surface area (Å²) >= 11 is 0. The molecule has 0 atom stereocenters. The van der Waals surface area contributed by atoms with Crippen molar-refractivity contribution in [2.75, 3.05) is 13.7 Å². The lowest BCUT2D eigenvalue weighted by Gasteiger charge is -2.22. The van der Waals surface area contributed by atoms with Gasteiger partial charge in [-0.1, -0.05) is 6.42 Å². The highest BCUT2D eigenvalue weighted by Crippen LogP contribution is 2.17. The lowest BCUT2D eigenvalue weighted by molar-refractivity contribution is -0.143. The Morgan fingerprint density at radius 3 is 2.43 bits per heavy atom. The van der Waals surface area contributed by atoms with Crippen LogP contribution in [0.5, 0.6) is 0 Å². The van der Waals surface area contributed by atoms with Crippen molar-refractivity contribution in [2.24, 2.45) is 0 Å². The summed E-state index contributed by atoms with van der Waals surface area (Å²) in [7, 11) is 1.71. The first-order valence-corrected chi connectivity index (χ1v) is 5.22. The molecule has 0 spiro atoms. The molecule has 0 unspecified atom stereocenters. The van der Waals surface area contributed by atoms with Gasteiger partial charge in [0.25, 0.3) is 0 Å². The van der Waals surface area contributed by atoms with Crippen LogP contribution < -0.4 is 0 Å². The highest BCUT2D eigenvalue weighted by atomic mass is 16.5. The molecular weight excluding hydrogens is 180 g/mol. The van der Waals surface area contributed by atoms with E-state index in [4.69, 9.17) is 9.47 Å². The van der Waals surface area contributed by atoms with Gasteiger partial charge in [-0.2, -0.15) is 0 Å². The highest BCUT2D eigenvalue weighted by Gasteiger charge is 2.15. The van der Waals surface area contributed by atoms with Crippen molar-refractivity contribution in [1.29, 1.82) is 0 Å². The molecule has 0 aliphatic carbocycles. The summed E-state index contributed by atoms with van der Waals surface area (Å²) in [5, 5.41) is 0. The minimum Gasteiger partial charge on any atom is -0.466 e. The third-order valence-electron chi connectivity index (χ3n) is 2.27. The molecule has 0 rings (SSSR count). The number of unbranched alkanes of at least 4 members (excludes halogenated alkanes) is 1. The molecular formula is C11H22O3. The number of carbonyl (C=O) groups is 1. The van der Waals surface area contributed by atoms with Gasteiger partial charge in [-0.15, -0.1) is 0 Å². The molecule has 84 valence electrons. The summed E-state index contributed by atoms with van der Waals surface area (Å²) in [6.07, 6.45) is 3.38. The number of hydrogen-bond acceptors (Lipinski definition) is 3. The smallest absolute Gasteiger partial charge is 0.305 e. The molecule has 0 bridgehead atoms. The Morgan fingerprint density at radius 2 is 1.93 bits per heavy atom. The Balaban J connectivity index is 3.42. The summed E-state index contributed by atoms with van der Waals surface area (Å²) in [5.74, 6) is -0.0947. The van der Waals surface area contributed by atoms with Gasteiger partial charge in [-0.3, -0.25) is 4.79 Å². The number of hydrogen-bond donors (Lipinski definition) is 0. The van der Waals surface area contributed by atoms with Gasteiger partial charge >= 0.3 is 5.97 Å². The van der Waals surface area contributed by atoms with Crippen LogP contribution >= 0.6 is 0 Å². The molecule has 0 saturated heterocycles. The normalized spacial score (nSPS) is 11.4. The molecule has 0 aromatic rings. The Hall–Kier alpha value is -0.570. The fraction of sp³-hybridized carbons (Fsp3) is 0.909. The van der Waals surface area contributed by atoms with E-state index in [2.05, 4.69) is 13.8 Å². The van der Waals surface area contributed by atoms with Crippen LogP contribution in [0.3, 0.4) is 0 Å². The predicted molar refractivity (Wildman–Crippen MR) is 56.2 cm³/mol. The second kappa shape index (κ2) is 6.82. The van der Waals surface area contributed by atoms with E-state index in [-0.39, 0.29) is 11.6 Å². The average molecular weight is 202 g/mol. The molecule has 14 heavy (non-hydrogen) atoms. The molecule has 0 aliphatic heterocycles. The molecule has 3 nitrogen and oxygen atoms in total. The Morgan fingerprint density at radius 1 is 1.29 bits per heavy atom. The lowest BCUT2D eigenvalue weighted by atomic mass is 10.0. The zero-order valence-electron chi connectivity index (χ0n) is 9.76. The maximum atomic E-state index is 11.0. The Bertz CT molecular complexity index is 164. The van der Waals surface area contributed by atoms with E-state index in [1.807, 2.05) is 6.92 Å². The SMILES string of the molecule is CCOC(=O)CCCCC(C)(C)OC. The number of ether oxygens (including phenoxy) is 2. The summed E-state index contributed by atoms with van der Waals surface area (Å²) in [6.45, 7) is 6.41. The van der Waals surface area contributed by atoms with Crippen molar-refractivity contribution in [3.05, 3.63) is 0 Å². The minimum atomic E-state index is -0.0947. The molecule has 0 aromatic carbocycles. The summed E-state index contributed by atoms with van der Waals surface area (Å²) < 4.78 is 10.1. The number of carbonyl (C=O) groups excluding carboxylic acids is 1. The largest absolute Gasteiger partial charge is 0.466 e. The van der Waals surface area contributed by atoms with Crippen molar-refractivity contribution < 1.29 is 14.3 Å². The number of methoxy groups -OCH3 is 1. The molecule has 0 saturated carbocycles. The summed E-state index contributed by atoms with van der Waals surface area (Å²) in [5.41, 5.74) is -0.0747. The molecule has 0 aliphatic rings. The zero-order chi connectivity index (χ0) is 11.0. The van der Waals surface area contributed by atoms with E-state index in [0.717, 1.165) is 19.3 Å². The van der Waals surface area contributed by atoms with E-state index < -0.39 is 0 Å². The summed E-state index contributed by atoms with van der Waals surface area (Å²) in [6, 6.07) is 0. The van der Waals surface area contributed by atoms with Gasteiger partial charge in [-0.05, 0) is 33.6 Å². The first-order valence-electron chi connectivity index (χ1n) is 5.22. The van der Waals surface area contributed by atoms with E-state index in [0.29, 0.717) is 13.0 Å². The van der Waals surface area contributed by atoms with Crippen LogP contribution in [-0.2, 0) is 14.3 Å². The first kappa shape index (κ1) is 13.4. The van der Waals surface area contributed by atoms with Gasteiger partial charge in [0.2, 0.25) is 0 Å². The second-order valence-corrected chi connectivity index (χ2v) is 3.98. The molecule has 0 fully saturated rings. The topological polar surface area (TPSA) is 35.5 Å². The van der Waals surface area contributed by atoms with E-state index >= 15 is 0 Å². The third kappa shape index (κ3) is 6.89. The standard InChI is InChI=1S/C11H22O3/c1-5-14-10(12)8-6-7-9-11(2,3)13-4/h5-9H2,1-4H3. The van der Waals surface area contributed by atoms with Crippen LogP contribution in [0.1, 0.15) is 46.5 Å². The number of esters is 1. The van der Waals surface area contributed by atoms with Crippen molar-refractivity contribution >= 4 is 5.97 Å². The van der Waals surface area contributed by atoms with E-state index in [9.17, 15) is 4.79 Å². The maximum absolute atomic E-state index is 11.0. The van der Waals surface area contributed by atoms with Gasteiger partial charge in [-0.25, -0.2) is 0 Å². The van der Waals surface area contributed by atoms with Crippen LogP contribution in [0, 0.1) is 0 Å². The monoisotopic (exact) mass is 202 g/mol. The van der Waals surface area contributed by atoms with Crippen molar-refractivity contribution in [3.8, 4) is 0 Å². The molecule has 0 heterocycles. The average Bonchev–Trinajstić information content (AvgIpc) is 2.13. The minimum absolute atomic E-state index is 0.0747.